The van der Waals surface area contributed by atoms with Crippen molar-refractivity contribution in [3.05, 3.63) is 82.8 Å². The lowest BCUT2D eigenvalue weighted by Gasteiger charge is -2.29. The van der Waals surface area contributed by atoms with Gasteiger partial charge in [0, 0.05) is 49.5 Å². The van der Waals surface area contributed by atoms with Crippen molar-refractivity contribution in [3.63, 3.8) is 0 Å². The number of ether oxygens (including phenoxy) is 2. The van der Waals surface area contributed by atoms with Crippen LogP contribution in [0.4, 0.5) is 11.5 Å². The summed E-state index contributed by atoms with van der Waals surface area (Å²) in [5.41, 5.74) is 6.96. The highest BCUT2D eigenvalue weighted by molar-refractivity contribution is 5.80. The number of rotatable bonds is 9. The average Bonchev–Trinajstić information content (AvgIpc) is 2.83. The Labute approximate surface area is 194 Å². The minimum atomic E-state index is 0.459. The molecule has 8 nitrogen and oxygen atoms in total. The van der Waals surface area contributed by atoms with Gasteiger partial charge in [0.1, 0.15) is 0 Å². The van der Waals surface area contributed by atoms with Crippen molar-refractivity contribution >= 4 is 17.7 Å². The molecule has 0 atom stereocenters. The summed E-state index contributed by atoms with van der Waals surface area (Å²) < 4.78 is 12.3. The van der Waals surface area contributed by atoms with Crippen LogP contribution in [0.2, 0.25) is 0 Å². The van der Waals surface area contributed by atoms with Gasteiger partial charge in [0.25, 0.3) is 0 Å². The topological polar surface area (TPSA) is 85.9 Å². The van der Waals surface area contributed by atoms with Gasteiger partial charge in [-0.25, -0.2) is 0 Å². The van der Waals surface area contributed by atoms with Gasteiger partial charge in [-0.05, 0) is 18.9 Å². The van der Waals surface area contributed by atoms with E-state index in [9.17, 15) is 5.21 Å². The molecule has 2 aromatic heterocycles. The van der Waals surface area contributed by atoms with E-state index in [4.69, 9.17) is 9.47 Å². The lowest BCUT2D eigenvalue weighted by atomic mass is 10.2. The number of aryl methyl sites for hydroxylation is 2. The monoisotopic (exact) mass is 447 g/mol. The number of hydrogen-bond donors (Lipinski definition) is 1. The maximum absolute atomic E-state index is 11.8. The summed E-state index contributed by atoms with van der Waals surface area (Å²) in [6.07, 6.45) is 4.64. The van der Waals surface area contributed by atoms with Gasteiger partial charge >= 0.3 is 0 Å². The maximum atomic E-state index is 11.8. The first-order valence-electron chi connectivity index (χ1n) is 11.2. The number of aromatic nitrogens is 2. The van der Waals surface area contributed by atoms with Crippen molar-refractivity contribution in [2.24, 2.45) is 5.10 Å². The molecule has 1 saturated heterocycles. The lowest BCUT2D eigenvalue weighted by molar-refractivity contribution is -0.614. The van der Waals surface area contributed by atoms with Crippen molar-refractivity contribution in [2.75, 3.05) is 43.2 Å². The lowest BCUT2D eigenvalue weighted by Crippen LogP contribution is -2.36. The molecule has 33 heavy (non-hydrogen) atoms. The fourth-order valence-electron chi connectivity index (χ4n) is 3.64. The Kier molecular flexibility index (Phi) is 7.71. The Morgan fingerprint density at radius 3 is 2.88 bits per heavy atom. The molecule has 172 valence electrons. The van der Waals surface area contributed by atoms with Crippen LogP contribution in [0.3, 0.4) is 0 Å². The molecule has 1 N–H and O–H groups in total. The van der Waals surface area contributed by atoms with E-state index in [0.717, 1.165) is 34.8 Å². The predicted octanol–water partition coefficient (Wildman–Crippen LogP) is 3.32. The molecular formula is C25H29N5O3. The molecule has 0 aliphatic carbocycles. The van der Waals surface area contributed by atoms with Gasteiger partial charge in [0.2, 0.25) is 5.88 Å². The third-order valence-electron chi connectivity index (χ3n) is 5.33. The minimum Gasteiger partial charge on any atom is -0.619 e. The van der Waals surface area contributed by atoms with Gasteiger partial charge in [-0.3, -0.25) is 5.43 Å². The van der Waals surface area contributed by atoms with Crippen LogP contribution in [-0.2, 0) is 11.2 Å². The van der Waals surface area contributed by atoms with Crippen molar-refractivity contribution in [1.29, 1.82) is 0 Å². The highest BCUT2D eigenvalue weighted by atomic mass is 16.5. The Morgan fingerprint density at radius 1 is 1.18 bits per heavy atom. The Balaban J connectivity index is 1.42. The van der Waals surface area contributed by atoms with Crippen LogP contribution < -0.4 is 19.8 Å². The first-order valence-corrected chi connectivity index (χ1v) is 11.2. The molecule has 3 aromatic rings. The number of benzene rings is 1. The zero-order chi connectivity index (χ0) is 22.9. The normalized spacial score (nSPS) is 13.9. The summed E-state index contributed by atoms with van der Waals surface area (Å²) in [5.74, 6) is 1.13. The standard InChI is InChI=1S/C25H29N5O3/c1-20-6-4-7-21(16-20)19-26-28-24-17-23(29-11-14-32-15-12-29)18-25(27-24)33-13-5-9-22-8-2-3-10-30(22)31/h2-4,6-8,10,16-19H,5,9,11-15H2,1H3,(H,27,28)/b26-19+. The first kappa shape index (κ1) is 22.5. The van der Waals surface area contributed by atoms with Crippen LogP contribution in [0.25, 0.3) is 0 Å². The molecule has 0 bridgehead atoms. The fourth-order valence-corrected chi connectivity index (χ4v) is 3.64. The number of pyridine rings is 2. The molecule has 1 aliphatic rings. The zero-order valence-corrected chi connectivity index (χ0v) is 18.8. The van der Waals surface area contributed by atoms with E-state index in [2.05, 4.69) is 39.5 Å². The van der Waals surface area contributed by atoms with E-state index in [0.29, 0.717) is 44.4 Å². The molecular weight excluding hydrogens is 418 g/mol. The summed E-state index contributed by atoms with van der Waals surface area (Å²) in [6.45, 7) is 5.52. The van der Waals surface area contributed by atoms with Gasteiger partial charge in [-0.15, -0.1) is 0 Å². The zero-order valence-electron chi connectivity index (χ0n) is 18.8. The quantitative estimate of drug-likeness (QED) is 0.178. The molecule has 0 spiro atoms. The second-order valence-corrected chi connectivity index (χ2v) is 7.90. The van der Waals surface area contributed by atoms with E-state index in [1.807, 2.05) is 36.4 Å². The Bertz CT molecular complexity index is 1080. The largest absolute Gasteiger partial charge is 0.619 e. The smallest absolute Gasteiger partial charge is 0.217 e. The van der Waals surface area contributed by atoms with Gasteiger partial charge in [-0.1, -0.05) is 35.9 Å². The van der Waals surface area contributed by atoms with Crippen LogP contribution in [0, 0.1) is 12.1 Å². The highest BCUT2D eigenvalue weighted by Gasteiger charge is 2.14. The number of anilines is 2. The summed E-state index contributed by atoms with van der Waals surface area (Å²) in [4.78, 5) is 6.81. The van der Waals surface area contributed by atoms with Crippen molar-refractivity contribution < 1.29 is 14.2 Å². The summed E-state index contributed by atoms with van der Waals surface area (Å²) in [7, 11) is 0. The summed E-state index contributed by atoms with van der Waals surface area (Å²) >= 11 is 0. The molecule has 1 aliphatic heterocycles. The van der Waals surface area contributed by atoms with Crippen LogP contribution in [0.15, 0.2) is 65.9 Å². The van der Waals surface area contributed by atoms with Crippen LogP contribution >= 0.6 is 0 Å². The molecule has 3 heterocycles. The molecule has 1 aromatic carbocycles. The van der Waals surface area contributed by atoms with E-state index in [-0.39, 0.29) is 0 Å². The number of hydrogen-bond acceptors (Lipinski definition) is 7. The summed E-state index contributed by atoms with van der Waals surface area (Å²) in [5, 5.41) is 16.1. The van der Waals surface area contributed by atoms with Gasteiger partial charge in [0.15, 0.2) is 17.7 Å². The number of nitrogens with zero attached hydrogens (tertiary/aromatic N) is 4. The second-order valence-electron chi connectivity index (χ2n) is 7.90. The van der Waals surface area contributed by atoms with Crippen molar-refractivity contribution in [1.82, 2.24) is 4.98 Å². The van der Waals surface area contributed by atoms with Crippen LogP contribution in [0.1, 0.15) is 23.2 Å². The van der Waals surface area contributed by atoms with Gasteiger partial charge in [0.05, 0.1) is 26.0 Å². The van der Waals surface area contributed by atoms with Gasteiger partial charge in [-0.2, -0.15) is 14.8 Å². The molecule has 0 saturated carbocycles. The third-order valence-corrected chi connectivity index (χ3v) is 5.33. The van der Waals surface area contributed by atoms with Crippen molar-refractivity contribution in [2.45, 2.75) is 19.8 Å². The Morgan fingerprint density at radius 2 is 2.06 bits per heavy atom. The number of morpholine rings is 1. The molecule has 0 radical (unpaired) electrons. The van der Waals surface area contributed by atoms with Gasteiger partial charge < -0.3 is 19.6 Å². The first-order chi connectivity index (χ1) is 16.2. The number of nitrogens with one attached hydrogen (secondary N) is 1. The van der Waals surface area contributed by atoms with E-state index in [1.54, 1.807) is 12.3 Å². The molecule has 0 amide bonds. The van der Waals surface area contributed by atoms with Crippen molar-refractivity contribution in [3.8, 4) is 5.88 Å². The number of hydrazone groups is 1. The minimum absolute atomic E-state index is 0.459. The molecule has 4 rings (SSSR count). The second kappa shape index (κ2) is 11.3. The van der Waals surface area contributed by atoms with Crippen LogP contribution in [0.5, 0.6) is 5.88 Å². The SMILES string of the molecule is Cc1cccc(/C=N/Nc2cc(N3CCOCC3)cc(OCCCc3cccc[n+]3[O-])n2)c1. The third kappa shape index (κ3) is 6.66. The fraction of sp³-hybridized carbons (Fsp3) is 0.320. The predicted molar refractivity (Wildman–Crippen MR) is 129 cm³/mol. The van der Waals surface area contributed by atoms with E-state index >= 15 is 0 Å². The van der Waals surface area contributed by atoms with E-state index < -0.39 is 0 Å². The summed E-state index contributed by atoms with van der Waals surface area (Å²) in [6, 6.07) is 17.5. The maximum Gasteiger partial charge on any atom is 0.217 e. The Hall–Kier alpha value is -3.65. The highest BCUT2D eigenvalue weighted by Crippen LogP contribution is 2.25. The molecule has 1 fully saturated rings. The molecule has 0 unspecified atom stereocenters. The van der Waals surface area contributed by atoms with E-state index in [1.165, 1.54) is 11.8 Å². The molecule has 8 heteroatoms. The average molecular weight is 448 g/mol. The van der Waals surface area contributed by atoms with Crippen LogP contribution in [-0.4, -0.2) is 44.1 Å².